The molecule has 0 spiro atoms. The van der Waals surface area contributed by atoms with Gasteiger partial charge >= 0.3 is 5.97 Å². The summed E-state index contributed by atoms with van der Waals surface area (Å²) in [4.78, 5) is 25.1. The Balaban J connectivity index is 5.12. The first-order valence-electron chi connectivity index (χ1n) is 7.08. The summed E-state index contributed by atoms with van der Waals surface area (Å²) in [6.07, 6.45) is 3.67. The van der Waals surface area contributed by atoms with Gasteiger partial charge in [-0.3, -0.25) is 4.79 Å². The van der Waals surface area contributed by atoms with Crippen LogP contribution in [0.2, 0.25) is 0 Å². The fourth-order valence-corrected chi connectivity index (χ4v) is 2.25. The van der Waals surface area contributed by atoms with Crippen LogP contribution < -0.4 is 5.32 Å². The van der Waals surface area contributed by atoms with Crippen LogP contribution in [0.15, 0.2) is 11.8 Å². The van der Waals surface area contributed by atoms with Crippen molar-refractivity contribution in [2.24, 2.45) is 0 Å². The van der Waals surface area contributed by atoms with E-state index in [-0.39, 0.29) is 11.1 Å². The molecule has 6 nitrogen and oxygen atoms in total. The summed E-state index contributed by atoms with van der Waals surface area (Å²) in [5.74, 6) is -1.13. The highest BCUT2D eigenvalue weighted by molar-refractivity contribution is 7.98. The number of aliphatic carboxylic acids is 1. The normalized spacial score (nSPS) is 13.2. The Kier molecular flexibility index (Phi) is 8.65. The molecule has 22 heavy (non-hydrogen) atoms. The first-order valence-corrected chi connectivity index (χ1v) is 8.48. The zero-order valence-electron chi connectivity index (χ0n) is 13.8. The molecule has 7 heteroatoms. The van der Waals surface area contributed by atoms with Gasteiger partial charge in [-0.2, -0.15) is 17.0 Å². The molecule has 1 atom stereocenters. The number of carboxylic acids is 1. The highest BCUT2D eigenvalue weighted by Gasteiger charge is 2.23. The number of nitriles is 1. The number of hydrogen-bond acceptors (Lipinski definition) is 5. The molecule has 0 heterocycles. The summed E-state index contributed by atoms with van der Waals surface area (Å²) in [5, 5.41) is 20.7. The third-order valence-corrected chi connectivity index (χ3v) is 3.71. The van der Waals surface area contributed by atoms with E-state index in [1.54, 1.807) is 0 Å². The lowest BCUT2D eigenvalue weighted by Crippen LogP contribution is -2.43. The van der Waals surface area contributed by atoms with Crippen molar-refractivity contribution in [3.05, 3.63) is 11.8 Å². The highest BCUT2D eigenvalue weighted by atomic mass is 32.2. The lowest BCUT2D eigenvalue weighted by Gasteiger charge is -2.34. The van der Waals surface area contributed by atoms with Gasteiger partial charge < -0.3 is 15.3 Å². The molecule has 0 fully saturated rings. The van der Waals surface area contributed by atoms with Gasteiger partial charge in [0.1, 0.15) is 17.7 Å². The quantitative estimate of drug-likeness (QED) is 0.522. The van der Waals surface area contributed by atoms with Crippen molar-refractivity contribution in [1.29, 1.82) is 5.26 Å². The SMILES string of the molecule is CCN(/C=C(/C#N)C(=O)NC(CCSC)C(=O)O)C(C)(C)C. The maximum absolute atomic E-state index is 12.1. The standard InChI is InChI=1S/C15H25N3O3S/c1-6-18(15(2,3)4)10-11(9-16)13(19)17-12(14(20)21)7-8-22-5/h10,12H,6-8H2,1-5H3,(H,17,19)(H,20,21)/b11-10-. The highest BCUT2D eigenvalue weighted by Crippen LogP contribution is 2.15. The molecule has 1 amide bonds. The van der Waals surface area contributed by atoms with Gasteiger partial charge in [0, 0.05) is 18.3 Å². The third-order valence-electron chi connectivity index (χ3n) is 3.07. The van der Waals surface area contributed by atoms with E-state index >= 15 is 0 Å². The van der Waals surface area contributed by atoms with Crippen molar-refractivity contribution < 1.29 is 14.7 Å². The van der Waals surface area contributed by atoms with Crippen LogP contribution in [-0.2, 0) is 9.59 Å². The largest absolute Gasteiger partial charge is 0.480 e. The Morgan fingerprint density at radius 1 is 1.45 bits per heavy atom. The van der Waals surface area contributed by atoms with Crippen molar-refractivity contribution in [3.8, 4) is 6.07 Å². The third kappa shape index (κ3) is 6.85. The molecule has 0 aromatic heterocycles. The van der Waals surface area contributed by atoms with E-state index in [1.165, 1.54) is 18.0 Å². The van der Waals surface area contributed by atoms with Crippen LogP contribution in [0.5, 0.6) is 0 Å². The summed E-state index contributed by atoms with van der Waals surface area (Å²) in [6, 6.07) is 0.864. The molecule has 0 saturated carbocycles. The first kappa shape index (κ1) is 20.3. The average molecular weight is 327 g/mol. The predicted octanol–water partition coefficient (Wildman–Crippen LogP) is 1.84. The molecule has 1 unspecified atom stereocenters. The monoisotopic (exact) mass is 327 g/mol. The minimum absolute atomic E-state index is 0.0906. The van der Waals surface area contributed by atoms with E-state index < -0.39 is 17.9 Å². The molecular weight excluding hydrogens is 302 g/mol. The molecule has 0 rings (SSSR count). The zero-order chi connectivity index (χ0) is 17.3. The van der Waals surface area contributed by atoms with Crippen molar-refractivity contribution in [1.82, 2.24) is 10.2 Å². The molecule has 0 saturated heterocycles. The van der Waals surface area contributed by atoms with Crippen LogP contribution in [0.4, 0.5) is 0 Å². The lowest BCUT2D eigenvalue weighted by molar-refractivity contribution is -0.141. The van der Waals surface area contributed by atoms with Gasteiger partial charge in [-0.05, 0) is 46.1 Å². The number of hydrogen-bond donors (Lipinski definition) is 2. The number of amides is 1. The Bertz CT molecular complexity index is 464. The van der Waals surface area contributed by atoms with E-state index in [4.69, 9.17) is 5.11 Å². The molecule has 0 aromatic carbocycles. The molecule has 0 aliphatic rings. The number of rotatable bonds is 8. The first-order chi connectivity index (χ1) is 10.2. The summed E-state index contributed by atoms with van der Waals surface area (Å²) in [5.41, 5.74) is -0.325. The van der Waals surface area contributed by atoms with Gasteiger partial charge in [0.15, 0.2) is 0 Å². The van der Waals surface area contributed by atoms with Gasteiger partial charge in [-0.25, -0.2) is 4.79 Å². The molecule has 0 aliphatic heterocycles. The van der Waals surface area contributed by atoms with Gasteiger partial charge in [-0.15, -0.1) is 0 Å². The molecule has 0 bridgehead atoms. The van der Waals surface area contributed by atoms with Crippen LogP contribution in [0.25, 0.3) is 0 Å². The van der Waals surface area contributed by atoms with Gasteiger partial charge in [0.2, 0.25) is 0 Å². The maximum Gasteiger partial charge on any atom is 0.326 e. The van der Waals surface area contributed by atoms with Crippen molar-refractivity contribution in [2.45, 2.75) is 45.7 Å². The van der Waals surface area contributed by atoms with Gasteiger partial charge in [0.05, 0.1) is 0 Å². The second-order valence-corrected chi connectivity index (χ2v) is 6.74. The minimum Gasteiger partial charge on any atom is -0.480 e. The fourth-order valence-electron chi connectivity index (χ4n) is 1.78. The van der Waals surface area contributed by atoms with Gasteiger partial charge in [-0.1, -0.05) is 0 Å². The smallest absolute Gasteiger partial charge is 0.326 e. The average Bonchev–Trinajstić information content (AvgIpc) is 2.42. The Hall–Kier alpha value is -1.68. The number of nitrogens with zero attached hydrogens (tertiary/aromatic N) is 2. The molecule has 0 radical (unpaired) electrons. The van der Waals surface area contributed by atoms with Crippen molar-refractivity contribution in [2.75, 3.05) is 18.6 Å². The Morgan fingerprint density at radius 2 is 2.05 bits per heavy atom. The number of carboxylic acid groups (broad SMARTS) is 1. The van der Waals surface area contributed by atoms with E-state index in [2.05, 4.69) is 5.32 Å². The second-order valence-electron chi connectivity index (χ2n) is 5.76. The molecule has 0 aliphatic carbocycles. The van der Waals surface area contributed by atoms with Crippen molar-refractivity contribution in [3.63, 3.8) is 0 Å². The zero-order valence-corrected chi connectivity index (χ0v) is 14.7. The second kappa shape index (κ2) is 9.36. The van der Waals surface area contributed by atoms with Crippen molar-refractivity contribution >= 4 is 23.6 Å². The topological polar surface area (TPSA) is 93.4 Å². The van der Waals surface area contributed by atoms with Crippen LogP contribution in [-0.4, -0.2) is 52.0 Å². The fraction of sp³-hybridized carbons (Fsp3) is 0.667. The number of carbonyl (C=O) groups excluding carboxylic acids is 1. The minimum atomic E-state index is -1.09. The van der Waals surface area contributed by atoms with Crippen LogP contribution in [0.3, 0.4) is 0 Å². The maximum atomic E-state index is 12.1. The number of thioether (sulfide) groups is 1. The number of carbonyl (C=O) groups is 2. The van der Waals surface area contributed by atoms with E-state index in [1.807, 2.05) is 44.9 Å². The summed E-state index contributed by atoms with van der Waals surface area (Å²) < 4.78 is 0. The molecule has 124 valence electrons. The Morgan fingerprint density at radius 3 is 2.41 bits per heavy atom. The molecular formula is C15H25N3O3S. The summed E-state index contributed by atoms with van der Waals surface area (Å²) >= 11 is 1.50. The van der Waals surface area contributed by atoms with E-state index in [0.717, 1.165) is 0 Å². The summed E-state index contributed by atoms with van der Waals surface area (Å²) in [6.45, 7) is 8.47. The van der Waals surface area contributed by atoms with E-state index in [0.29, 0.717) is 18.7 Å². The van der Waals surface area contributed by atoms with Gasteiger partial charge in [0.25, 0.3) is 5.91 Å². The van der Waals surface area contributed by atoms with Crippen LogP contribution >= 0.6 is 11.8 Å². The van der Waals surface area contributed by atoms with E-state index in [9.17, 15) is 14.9 Å². The Labute approximate surface area is 136 Å². The predicted molar refractivity (Wildman–Crippen MR) is 88.4 cm³/mol. The van der Waals surface area contributed by atoms with Crippen LogP contribution in [0, 0.1) is 11.3 Å². The molecule has 2 N–H and O–H groups in total. The summed E-state index contributed by atoms with van der Waals surface area (Å²) in [7, 11) is 0. The number of nitrogens with one attached hydrogen (secondary N) is 1. The lowest BCUT2D eigenvalue weighted by atomic mass is 10.1. The van der Waals surface area contributed by atoms with Crippen LogP contribution in [0.1, 0.15) is 34.1 Å². The molecule has 0 aromatic rings.